The molecular formula is C25H37BN4O6. The predicted octanol–water partition coefficient (Wildman–Crippen LogP) is 1.92. The molecule has 4 N–H and O–H groups in total. The first-order chi connectivity index (χ1) is 17.4. The van der Waals surface area contributed by atoms with Crippen LogP contribution in [0.2, 0.25) is 0 Å². The van der Waals surface area contributed by atoms with Gasteiger partial charge in [0.15, 0.2) is 0 Å². The Bertz CT molecular complexity index is 907. The van der Waals surface area contributed by atoms with Crippen LogP contribution in [0.5, 0.6) is 0 Å². The highest BCUT2D eigenvalue weighted by molar-refractivity contribution is 6.43. The number of amides is 4. The Labute approximate surface area is 212 Å². The highest BCUT2D eigenvalue weighted by Crippen LogP contribution is 2.26. The van der Waals surface area contributed by atoms with Gasteiger partial charge in [0.2, 0.25) is 5.91 Å². The average molecular weight is 500 g/mol. The van der Waals surface area contributed by atoms with Crippen LogP contribution in [0.15, 0.2) is 24.3 Å². The first kappa shape index (κ1) is 26.3. The molecule has 1 aromatic carbocycles. The second kappa shape index (κ2) is 12.4. The van der Waals surface area contributed by atoms with Crippen molar-refractivity contribution in [2.75, 3.05) is 13.1 Å². The van der Waals surface area contributed by atoms with E-state index in [1.165, 1.54) is 4.90 Å². The van der Waals surface area contributed by atoms with E-state index in [2.05, 4.69) is 10.6 Å². The molecular weight excluding hydrogens is 463 g/mol. The molecule has 2 fully saturated rings. The summed E-state index contributed by atoms with van der Waals surface area (Å²) in [5, 5.41) is 25.2. The van der Waals surface area contributed by atoms with Crippen LogP contribution in [0.4, 0.5) is 9.59 Å². The van der Waals surface area contributed by atoms with E-state index < -0.39 is 37.2 Å². The fraction of sp³-hybridized carbons (Fsp3) is 0.640. The van der Waals surface area contributed by atoms with Crippen molar-refractivity contribution < 1.29 is 29.2 Å². The third-order valence-corrected chi connectivity index (χ3v) is 7.35. The van der Waals surface area contributed by atoms with Crippen LogP contribution in [0.25, 0.3) is 0 Å². The molecule has 2 saturated heterocycles. The Balaban J connectivity index is 1.42. The number of urea groups is 1. The molecule has 0 spiro atoms. The van der Waals surface area contributed by atoms with Crippen LogP contribution >= 0.6 is 0 Å². The van der Waals surface area contributed by atoms with E-state index in [-0.39, 0.29) is 19.0 Å². The number of ether oxygens (including phenoxy) is 1. The molecule has 3 aliphatic rings. The molecule has 0 bridgehead atoms. The van der Waals surface area contributed by atoms with Crippen molar-refractivity contribution in [3.63, 3.8) is 0 Å². The van der Waals surface area contributed by atoms with Gasteiger partial charge < -0.3 is 30.3 Å². The second-order valence-electron chi connectivity index (χ2n) is 10.1. The quantitative estimate of drug-likeness (QED) is 0.459. The van der Waals surface area contributed by atoms with Gasteiger partial charge in [0.1, 0.15) is 12.1 Å². The van der Waals surface area contributed by atoms with Gasteiger partial charge in [-0.3, -0.25) is 9.69 Å². The smallest absolute Gasteiger partial charge is 0.444 e. The molecule has 0 saturated carbocycles. The van der Waals surface area contributed by atoms with E-state index >= 15 is 0 Å². The molecule has 0 aromatic heterocycles. The van der Waals surface area contributed by atoms with Gasteiger partial charge >= 0.3 is 19.2 Å². The van der Waals surface area contributed by atoms with Crippen molar-refractivity contribution in [3.05, 3.63) is 35.4 Å². The molecule has 196 valence electrons. The van der Waals surface area contributed by atoms with E-state index in [1.807, 2.05) is 24.3 Å². The normalized spacial score (nSPS) is 26.0. The second-order valence-corrected chi connectivity index (χ2v) is 10.1. The van der Waals surface area contributed by atoms with Gasteiger partial charge in [-0.05, 0) is 24.0 Å². The van der Waals surface area contributed by atoms with Crippen molar-refractivity contribution in [1.82, 2.24) is 20.4 Å². The number of nitrogens with one attached hydrogen (secondary N) is 2. The zero-order chi connectivity index (χ0) is 25.5. The minimum atomic E-state index is -1.69. The van der Waals surface area contributed by atoms with Crippen LogP contribution < -0.4 is 10.6 Å². The molecule has 3 atom stereocenters. The highest BCUT2D eigenvalue weighted by atomic mass is 16.6. The monoisotopic (exact) mass is 500 g/mol. The zero-order valence-corrected chi connectivity index (χ0v) is 20.7. The highest BCUT2D eigenvalue weighted by Gasteiger charge is 2.43. The van der Waals surface area contributed by atoms with Gasteiger partial charge in [-0.25, -0.2) is 9.59 Å². The topological polar surface area (TPSA) is 131 Å². The number of nitrogens with zero attached hydrogens (tertiary/aromatic N) is 2. The van der Waals surface area contributed by atoms with Crippen molar-refractivity contribution >= 4 is 25.1 Å². The molecule has 3 heterocycles. The van der Waals surface area contributed by atoms with Crippen LogP contribution in [0, 0.1) is 0 Å². The molecule has 1 unspecified atom stereocenters. The summed E-state index contributed by atoms with van der Waals surface area (Å²) >= 11 is 0. The van der Waals surface area contributed by atoms with Crippen LogP contribution in [0.1, 0.15) is 68.9 Å². The van der Waals surface area contributed by atoms with E-state index in [4.69, 9.17) is 4.74 Å². The van der Waals surface area contributed by atoms with E-state index in [9.17, 15) is 24.4 Å². The lowest BCUT2D eigenvalue weighted by molar-refractivity contribution is -0.125. The minimum Gasteiger partial charge on any atom is -0.444 e. The molecule has 4 amide bonds. The molecule has 11 heteroatoms. The zero-order valence-electron chi connectivity index (χ0n) is 20.7. The summed E-state index contributed by atoms with van der Waals surface area (Å²) in [6.07, 6.45) is 6.33. The number of fused-ring (bicyclic) bond motifs is 2. The predicted molar refractivity (Wildman–Crippen MR) is 134 cm³/mol. The number of hydrogen-bond donors (Lipinski definition) is 4. The van der Waals surface area contributed by atoms with E-state index in [0.29, 0.717) is 26.1 Å². The standard InChI is InChI=1S/C25H37BN4O6/c31-23-21-14-20(36-25(33)29-15-18-10-7-8-11-19(18)16-29)17-30(21)24(32)27-13-9-5-3-1-2-4-6-12-22(28-23)26(34)35/h7-8,10-11,20-22,34-35H,1-6,9,12-17H2,(H,27,32)(H,28,31)/t20-,21?,22+/m1/s1. The summed E-state index contributed by atoms with van der Waals surface area (Å²) in [6, 6.07) is 6.59. The fourth-order valence-electron chi connectivity index (χ4n) is 5.28. The fourth-order valence-corrected chi connectivity index (χ4v) is 5.28. The van der Waals surface area contributed by atoms with Crippen LogP contribution in [-0.2, 0) is 22.6 Å². The van der Waals surface area contributed by atoms with Gasteiger partial charge in [0, 0.05) is 26.1 Å². The number of carbonyl (C=O) groups is 3. The number of carbonyl (C=O) groups excluding carboxylic acids is 3. The maximum atomic E-state index is 13.2. The van der Waals surface area contributed by atoms with Crippen molar-refractivity contribution in [2.45, 2.75) is 89.0 Å². The Hall–Kier alpha value is -2.79. The first-order valence-electron chi connectivity index (χ1n) is 13.2. The first-order valence-corrected chi connectivity index (χ1v) is 13.2. The van der Waals surface area contributed by atoms with Crippen molar-refractivity contribution in [3.8, 4) is 0 Å². The summed E-state index contributed by atoms with van der Waals surface area (Å²) in [6.45, 7) is 1.54. The summed E-state index contributed by atoms with van der Waals surface area (Å²) in [5.74, 6) is -1.29. The largest absolute Gasteiger partial charge is 0.475 e. The number of rotatable bonds is 2. The SMILES string of the molecule is O=C1N[C@H](B(O)O)CCCCCCCCCNC(=O)N2C[C@H](OC(=O)N3Cc4ccccc4C3)CC12. The maximum Gasteiger partial charge on any atom is 0.475 e. The summed E-state index contributed by atoms with van der Waals surface area (Å²) in [7, 11) is -1.69. The molecule has 0 radical (unpaired) electrons. The Morgan fingerprint density at radius 3 is 2.28 bits per heavy atom. The van der Waals surface area contributed by atoms with Gasteiger partial charge in [-0.2, -0.15) is 0 Å². The van der Waals surface area contributed by atoms with Crippen molar-refractivity contribution in [1.29, 1.82) is 0 Å². The Morgan fingerprint density at radius 2 is 1.61 bits per heavy atom. The molecule has 10 nitrogen and oxygen atoms in total. The summed E-state index contributed by atoms with van der Waals surface area (Å²) in [5.41, 5.74) is 2.16. The third kappa shape index (κ3) is 6.70. The van der Waals surface area contributed by atoms with E-state index in [1.54, 1.807) is 4.90 Å². The van der Waals surface area contributed by atoms with Crippen LogP contribution in [0.3, 0.4) is 0 Å². The van der Waals surface area contributed by atoms with Gasteiger partial charge in [-0.15, -0.1) is 0 Å². The summed E-state index contributed by atoms with van der Waals surface area (Å²) < 4.78 is 5.74. The lowest BCUT2D eigenvalue weighted by atomic mass is 9.76. The van der Waals surface area contributed by atoms with E-state index in [0.717, 1.165) is 56.1 Å². The third-order valence-electron chi connectivity index (χ3n) is 7.35. The van der Waals surface area contributed by atoms with Crippen molar-refractivity contribution in [2.24, 2.45) is 0 Å². The molecule has 0 aliphatic carbocycles. The van der Waals surface area contributed by atoms with Crippen LogP contribution in [-0.4, -0.2) is 76.2 Å². The minimum absolute atomic E-state index is 0.1000. The molecule has 36 heavy (non-hydrogen) atoms. The number of hydrogen-bond acceptors (Lipinski definition) is 6. The molecule has 1 aromatic rings. The van der Waals surface area contributed by atoms with Gasteiger partial charge in [-0.1, -0.05) is 62.8 Å². The Kier molecular flexibility index (Phi) is 9.09. The Morgan fingerprint density at radius 1 is 0.972 bits per heavy atom. The van der Waals surface area contributed by atoms with Gasteiger partial charge in [0.05, 0.1) is 12.5 Å². The lowest BCUT2D eigenvalue weighted by Crippen LogP contribution is -2.54. The molecule has 4 rings (SSSR count). The average Bonchev–Trinajstić information content (AvgIpc) is 3.48. The lowest BCUT2D eigenvalue weighted by Gasteiger charge is -2.26. The summed E-state index contributed by atoms with van der Waals surface area (Å²) in [4.78, 5) is 42.0. The van der Waals surface area contributed by atoms with Gasteiger partial charge in [0.25, 0.3) is 0 Å². The maximum absolute atomic E-state index is 13.2. The number of benzene rings is 1. The molecule has 3 aliphatic heterocycles.